The molecule has 3 heteroatoms. The standard InChI is InChI=1S/C11H12N2O/c12-8-11(9-14-7-6-13-11)10-4-2-1-3-5-10/h1-5,13H,6-7,9H2. The maximum Gasteiger partial charge on any atom is 0.155 e. The third-order valence-corrected chi connectivity index (χ3v) is 2.45. The smallest absolute Gasteiger partial charge is 0.155 e. The highest BCUT2D eigenvalue weighted by Crippen LogP contribution is 2.22. The van der Waals surface area contributed by atoms with Crippen molar-refractivity contribution in [3.05, 3.63) is 35.9 Å². The van der Waals surface area contributed by atoms with Crippen LogP contribution in [-0.2, 0) is 10.3 Å². The van der Waals surface area contributed by atoms with Crippen molar-refractivity contribution in [2.45, 2.75) is 5.54 Å². The van der Waals surface area contributed by atoms with Crippen molar-refractivity contribution in [1.82, 2.24) is 5.32 Å². The van der Waals surface area contributed by atoms with Crippen LogP contribution < -0.4 is 5.32 Å². The fraction of sp³-hybridized carbons (Fsp3) is 0.364. The molecule has 0 spiro atoms. The average molecular weight is 188 g/mol. The molecule has 1 fully saturated rings. The normalized spacial score (nSPS) is 26.8. The van der Waals surface area contributed by atoms with Crippen LogP contribution in [0, 0.1) is 11.3 Å². The summed E-state index contributed by atoms with van der Waals surface area (Å²) in [5.74, 6) is 0. The Kier molecular flexibility index (Phi) is 2.49. The molecule has 1 aliphatic heterocycles. The van der Waals surface area contributed by atoms with Gasteiger partial charge in [-0.15, -0.1) is 0 Å². The highest BCUT2D eigenvalue weighted by molar-refractivity contribution is 5.31. The molecule has 72 valence electrons. The van der Waals surface area contributed by atoms with Gasteiger partial charge in [0, 0.05) is 6.54 Å². The van der Waals surface area contributed by atoms with Gasteiger partial charge >= 0.3 is 0 Å². The predicted octanol–water partition coefficient (Wildman–Crippen LogP) is 1.03. The summed E-state index contributed by atoms with van der Waals surface area (Å²) in [7, 11) is 0. The van der Waals surface area contributed by atoms with Crippen LogP contribution in [0.15, 0.2) is 30.3 Å². The zero-order valence-electron chi connectivity index (χ0n) is 7.86. The number of benzene rings is 1. The van der Waals surface area contributed by atoms with Crippen molar-refractivity contribution in [2.75, 3.05) is 19.8 Å². The lowest BCUT2D eigenvalue weighted by Gasteiger charge is -2.32. The lowest BCUT2D eigenvalue weighted by atomic mass is 9.91. The van der Waals surface area contributed by atoms with Crippen LogP contribution in [0.5, 0.6) is 0 Å². The Hall–Kier alpha value is -1.37. The first kappa shape index (κ1) is 9.20. The molecule has 1 atom stereocenters. The Labute approximate surface area is 83.3 Å². The molecule has 0 aromatic heterocycles. The molecule has 0 bridgehead atoms. The lowest BCUT2D eigenvalue weighted by Crippen LogP contribution is -2.50. The lowest BCUT2D eigenvalue weighted by molar-refractivity contribution is 0.0498. The minimum atomic E-state index is -0.653. The van der Waals surface area contributed by atoms with E-state index in [0.717, 1.165) is 12.1 Å². The predicted molar refractivity (Wildman–Crippen MR) is 52.6 cm³/mol. The number of nitriles is 1. The van der Waals surface area contributed by atoms with Crippen LogP contribution in [-0.4, -0.2) is 19.8 Å². The second kappa shape index (κ2) is 3.79. The van der Waals surface area contributed by atoms with E-state index >= 15 is 0 Å². The maximum absolute atomic E-state index is 9.20. The number of hydrogen-bond donors (Lipinski definition) is 1. The van der Waals surface area contributed by atoms with Crippen molar-refractivity contribution >= 4 is 0 Å². The van der Waals surface area contributed by atoms with E-state index in [9.17, 15) is 5.26 Å². The second-order valence-corrected chi connectivity index (χ2v) is 3.36. The van der Waals surface area contributed by atoms with Gasteiger partial charge in [0.25, 0.3) is 0 Å². The van der Waals surface area contributed by atoms with Crippen LogP contribution in [0.1, 0.15) is 5.56 Å². The van der Waals surface area contributed by atoms with E-state index in [1.54, 1.807) is 0 Å². The molecule has 14 heavy (non-hydrogen) atoms. The minimum absolute atomic E-state index is 0.424. The van der Waals surface area contributed by atoms with Crippen LogP contribution in [0.2, 0.25) is 0 Å². The largest absolute Gasteiger partial charge is 0.377 e. The van der Waals surface area contributed by atoms with E-state index in [-0.39, 0.29) is 0 Å². The molecule has 0 radical (unpaired) electrons. The number of morpholine rings is 1. The fourth-order valence-corrected chi connectivity index (χ4v) is 1.66. The summed E-state index contributed by atoms with van der Waals surface area (Å²) in [6.45, 7) is 1.83. The zero-order valence-corrected chi connectivity index (χ0v) is 7.86. The van der Waals surface area contributed by atoms with Gasteiger partial charge in [-0.3, -0.25) is 5.32 Å². The van der Waals surface area contributed by atoms with Gasteiger partial charge in [0.2, 0.25) is 0 Å². The van der Waals surface area contributed by atoms with Gasteiger partial charge in [0.05, 0.1) is 19.3 Å². The molecule has 1 N–H and O–H groups in total. The first-order chi connectivity index (χ1) is 6.87. The Bertz CT molecular complexity index is 336. The summed E-state index contributed by atoms with van der Waals surface area (Å²) in [5, 5.41) is 12.4. The summed E-state index contributed by atoms with van der Waals surface area (Å²) in [6, 6.07) is 12.0. The maximum atomic E-state index is 9.20. The third kappa shape index (κ3) is 1.50. The highest BCUT2D eigenvalue weighted by atomic mass is 16.5. The van der Waals surface area contributed by atoms with E-state index in [1.807, 2.05) is 30.3 Å². The van der Waals surface area contributed by atoms with E-state index in [4.69, 9.17) is 4.74 Å². The molecule has 0 aliphatic carbocycles. The van der Waals surface area contributed by atoms with Gasteiger partial charge < -0.3 is 4.74 Å². The quantitative estimate of drug-likeness (QED) is 0.715. The average Bonchev–Trinajstić information content (AvgIpc) is 2.31. The molecule has 1 saturated heterocycles. The monoisotopic (exact) mass is 188 g/mol. The van der Waals surface area contributed by atoms with Crippen LogP contribution >= 0.6 is 0 Å². The van der Waals surface area contributed by atoms with Gasteiger partial charge in [0.1, 0.15) is 0 Å². The van der Waals surface area contributed by atoms with E-state index in [1.165, 1.54) is 0 Å². The highest BCUT2D eigenvalue weighted by Gasteiger charge is 2.34. The van der Waals surface area contributed by atoms with Gasteiger partial charge in [-0.05, 0) is 5.56 Å². The topological polar surface area (TPSA) is 45.0 Å². The SMILES string of the molecule is N#CC1(c2ccccc2)COCCN1. The van der Waals surface area contributed by atoms with Crippen molar-refractivity contribution in [2.24, 2.45) is 0 Å². The molecular formula is C11H12N2O. The van der Waals surface area contributed by atoms with E-state index in [2.05, 4.69) is 11.4 Å². The van der Waals surface area contributed by atoms with E-state index < -0.39 is 5.54 Å². The summed E-state index contributed by atoms with van der Waals surface area (Å²) in [6.07, 6.45) is 0. The van der Waals surface area contributed by atoms with E-state index in [0.29, 0.717) is 13.2 Å². The molecule has 1 unspecified atom stereocenters. The molecule has 0 saturated carbocycles. The van der Waals surface area contributed by atoms with Crippen molar-refractivity contribution in [3.63, 3.8) is 0 Å². The number of hydrogen-bond acceptors (Lipinski definition) is 3. The number of ether oxygens (including phenoxy) is 1. The second-order valence-electron chi connectivity index (χ2n) is 3.36. The fourth-order valence-electron chi connectivity index (χ4n) is 1.66. The van der Waals surface area contributed by atoms with Gasteiger partial charge in [-0.25, -0.2) is 0 Å². The molecule has 1 aliphatic rings. The van der Waals surface area contributed by atoms with Crippen LogP contribution in [0.4, 0.5) is 0 Å². The number of rotatable bonds is 1. The first-order valence-corrected chi connectivity index (χ1v) is 4.67. The zero-order chi connectivity index (χ0) is 9.86. The Morgan fingerprint density at radius 2 is 2.14 bits per heavy atom. The molecular weight excluding hydrogens is 176 g/mol. The molecule has 0 amide bonds. The summed E-state index contributed by atoms with van der Waals surface area (Å²) < 4.78 is 5.35. The molecule has 3 nitrogen and oxygen atoms in total. The molecule has 1 aromatic rings. The van der Waals surface area contributed by atoms with Crippen LogP contribution in [0.3, 0.4) is 0 Å². The van der Waals surface area contributed by atoms with Crippen molar-refractivity contribution < 1.29 is 4.74 Å². The van der Waals surface area contributed by atoms with Crippen molar-refractivity contribution in [1.29, 1.82) is 5.26 Å². The minimum Gasteiger partial charge on any atom is -0.377 e. The molecule has 2 rings (SSSR count). The van der Waals surface area contributed by atoms with Crippen molar-refractivity contribution in [3.8, 4) is 6.07 Å². The molecule has 1 aromatic carbocycles. The van der Waals surface area contributed by atoms with Gasteiger partial charge in [0.15, 0.2) is 5.54 Å². The Morgan fingerprint density at radius 3 is 2.71 bits per heavy atom. The van der Waals surface area contributed by atoms with Crippen LogP contribution in [0.25, 0.3) is 0 Å². The summed E-state index contributed by atoms with van der Waals surface area (Å²) >= 11 is 0. The van der Waals surface area contributed by atoms with Gasteiger partial charge in [-0.1, -0.05) is 30.3 Å². The first-order valence-electron chi connectivity index (χ1n) is 4.67. The van der Waals surface area contributed by atoms with Gasteiger partial charge in [-0.2, -0.15) is 5.26 Å². The molecule has 1 heterocycles. The summed E-state index contributed by atoms with van der Waals surface area (Å²) in [4.78, 5) is 0. The summed E-state index contributed by atoms with van der Waals surface area (Å²) in [5.41, 5.74) is 0.321. The Morgan fingerprint density at radius 1 is 1.36 bits per heavy atom. The number of nitrogens with one attached hydrogen (secondary N) is 1. The Balaban J connectivity index is 2.33. The number of nitrogens with zero attached hydrogens (tertiary/aromatic N) is 1. The third-order valence-electron chi connectivity index (χ3n) is 2.45.